The van der Waals surface area contributed by atoms with E-state index in [1.165, 1.54) is 33.2 Å². The largest absolute Gasteiger partial charge is 0.314 e. The molecular weight excluding hydrogens is 218 g/mol. The molecule has 0 bridgehead atoms. The van der Waals surface area contributed by atoms with Gasteiger partial charge in [0.1, 0.15) is 0 Å². The highest BCUT2D eigenvalue weighted by Crippen LogP contribution is 2.24. The molecule has 0 N–H and O–H groups in total. The van der Waals surface area contributed by atoms with Gasteiger partial charge in [-0.1, -0.05) is 19.9 Å². The van der Waals surface area contributed by atoms with Crippen molar-refractivity contribution in [3.63, 3.8) is 0 Å². The van der Waals surface area contributed by atoms with E-state index in [-0.39, 0.29) is 0 Å². The van der Waals surface area contributed by atoms with Gasteiger partial charge < -0.3 is 4.40 Å². The Hall–Kier alpha value is -1.76. The van der Waals surface area contributed by atoms with Crippen LogP contribution >= 0.6 is 0 Å². The summed E-state index contributed by atoms with van der Waals surface area (Å²) in [5.74, 6) is 0. The maximum Gasteiger partial charge on any atom is 0.0534 e. The van der Waals surface area contributed by atoms with E-state index in [0.29, 0.717) is 0 Å². The molecule has 18 heavy (non-hydrogen) atoms. The van der Waals surface area contributed by atoms with Crippen LogP contribution in [0.1, 0.15) is 30.7 Å². The first-order chi connectivity index (χ1) is 8.66. The highest BCUT2D eigenvalue weighted by molar-refractivity contribution is 5.88. The molecule has 2 aromatic heterocycles. The molecule has 0 fully saturated rings. The molecule has 2 heterocycles. The molecule has 0 unspecified atom stereocenters. The van der Waals surface area contributed by atoms with Gasteiger partial charge in [0, 0.05) is 16.6 Å². The van der Waals surface area contributed by atoms with E-state index < -0.39 is 0 Å². The van der Waals surface area contributed by atoms with Gasteiger partial charge in [0.25, 0.3) is 0 Å². The van der Waals surface area contributed by atoms with Crippen LogP contribution in [-0.4, -0.2) is 4.40 Å². The molecule has 1 nitrogen and oxygen atoms in total. The molecule has 0 saturated carbocycles. The summed E-state index contributed by atoms with van der Waals surface area (Å²) in [5.41, 5.74) is 6.60. The fraction of sp³-hybridized carbons (Fsp3) is 0.294. The number of benzene rings is 1. The fourth-order valence-corrected chi connectivity index (χ4v) is 2.37. The second-order valence-electron chi connectivity index (χ2n) is 4.57. The third-order valence-electron chi connectivity index (χ3n) is 3.40. The molecule has 0 amide bonds. The Bertz CT molecular complexity index is 689. The fourth-order valence-electron chi connectivity index (χ4n) is 2.37. The molecule has 0 aliphatic carbocycles. The Morgan fingerprint density at radius 3 is 2.22 bits per heavy atom. The van der Waals surface area contributed by atoms with Crippen molar-refractivity contribution in [1.82, 2.24) is 4.40 Å². The maximum atomic E-state index is 2.32. The second-order valence-corrected chi connectivity index (χ2v) is 4.57. The number of aryl methyl sites for hydroxylation is 3. The van der Waals surface area contributed by atoms with Crippen LogP contribution < -0.4 is 0 Å². The summed E-state index contributed by atoms with van der Waals surface area (Å²) in [6, 6.07) is 13.2. The number of fused-ring (bicyclic) bond motifs is 3. The van der Waals surface area contributed by atoms with Crippen LogP contribution in [0.4, 0.5) is 0 Å². The summed E-state index contributed by atoms with van der Waals surface area (Å²) in [5, 5.41) is 1.33. The molecule has 94 valence electrons. The average molecular weight is 239 g/mol. The standard InChI is InChI=1S/C15H15N.C2H6/c1-10-7-13-9-14-6-4-5-12(3)16(14)15(13)8-11(10)2;1-2/h4-9H,1-3H3;1-2H3. The molecule has 0 radical (unpaired) electrons. The van der Waals surface area contributed by atoms with E-state index in [1.807, 2.05) is 13.8 Å². The monoisotopic (exact) mass is 239 g/mol. The van der Waals surface area contributed by atoms with Gasteiger partial charge in [-0.2, -0.15) is 0 Å². The van der Waals surface area contributed by atoms with Crippen molar-refractivity contribution in [2.24, 2.45) is 0 Å². The van der Waals surface area contributed by atoms with Crippen LogP contribution in [0.3, 0.4) is 0 Å². The summed E-state index contributed by atoms with van der Waals surface area (Å²) in [4.78, 5) is 0. The smallest absolute Gasteiger partial charge is 0.0534 e. The lowest BCUT2D eigenvalue weighted by Gasteiger charge is -2.04. The minimum atomic E-state index is 1.28. The number of hydrogen-bond acceptors (Lipinski definition) is 0. The van der Waals surface area contributed by atoms with Gasteiger partial charge >= 0.3 is 0 Å². The van der Waals surface area contributed by atoms with Crippen LogP contribution in [0.5, 0.6) is 0 Å². The van der Waals surface area contributed by atoms with Gasteiger partial charge in [0.2, 0.25) is 0 Å². The van der Waals surface area contributed by atoms with Crippen molar-refractivity contribution in [3.05, 3.63) is 53.2 Å². The van der Waals surface area contributed by atoms with E-state index in [1.54, 1.807) is 0 Å². The van der Waals surface area contributed by atoms with Gasteiger partial charge in [-0.25, -0.2) is 0 Å². The first-order valence-electron chi connectivity index (χ1n) is 6.65. The van der Waals surface area contributed by atoms with Crippen LogP contribution in [-0.2, 0) is 0 Å². The SMILES string of the molecule is CC.Cc1cc2cc3cccc(C)n3c2cc1C. The lowest BCUT2D eigenvalue weighted by Crippen LogP contribution is -1.90. The van der Waals surface area contributed by atoms with Crippen molar-refractivity contribution in [3.8, 4) is 0 Å². The Morgan fingerprint density at radius 1 is 0.833 bits per heavy atom. The Labute approximate surface area is 109 Å². The zero-order valence-corrected chi connectivity index (χ0v) is 11.9. The first-order valence-corrected chi connectivity index (χ1v) is 6.65. The average Bonchev–Trinajstić information content (AvgIpc) is 2.71. The Morgan fingerprint density at radius 2 is 1.50 bits per heavy atom. The number of rotatable bonds is 0. The molecular formula is C17H21N. The van der Waals surface area contributed by atoms with Gasteiger partial charge in [-0.3, -0.25) is 0 Å². The molecule has 0 spiro atoms. The lowest BCUT2D eigenvalue weighted by atomic mass is 10.1. The van der Waals surface area contributed by atoms with Gasteiger partial charge in [0.05, 0.1) is 5.52 Å². The molecule has 1 heteroatoms. The van der Waals surface area contributed by atoms with E-state index in [4.69, 9.17) is 0 Å². The zero-order valence-electron chi connectivity index (χ0n) is 11.9. The minimum absolute atomic E-state index is 1.28. The third-order valence-corrected chi connectivity index (χ3v) is 3.40. The molecule has 0 aliphatic rings. The van der Waals surface area contributed by atoms with Crippen LogP contribution in [0.25, 0.3) is 16.4 Å². The van der Waals surface area contributed by atoms with E-state index >= 15 is 0 Å². The van der Waals surface area contributed by atoms with Gasteiger partial charge in [0.15, 0.2) is 0 Å². The van der Waals surface area contributed by atoms with Crippen molar-refractivity contribution >= 4 is 16.4 Å². The maximum absolute atomic E-state index is 2.32. The molecule has 3 rings (SSSR count). The molecule has 3 aromatic rings. The molecule has 0 aliphatic heterocycles. The summed E-state index contributed by atoms with van der Waals surface area (Å²) in [7, 11) is 0. The number of nitrogens with zero attached hydrogens (tertiary/aromatic N) is 1. The van der Waals surface area contributed by atoms with Crippen molar-refractivity contribution in [2.45, 2.75) is 34.6 Å². The highest BCUT2D eigenvalue weighted by Gasteiger charge is 2.05. The molecule has 0 atom stereocenters. The van der Waals surface area contributed by atoms with Crippen LogP contribution in [0.15, 0.2) is 36.4 Å². The Kier molecular flexibility index (Phi) is 3.42. The minimum Gasteiger partial charge on any atom is -0.314 e. The normalized spacial score (nSPS) is 10.5. The van der Waals surface area contributed by atoms with E-state index in [2.05, 4.69) is 61.6 Å². The van der Waals surface area contributed by atoms with Crippen LogP contribution in [0.2, 0.25) is 0 Å². The van der Waals surface area contributed by atoms with Crippen molar-refractivity contribution < 1.29 is 0 Å². The first kappa shape index (κ1) is 12.7. The van der Waals surface area contributed by atoms with E-state index in [9.17, 15) is 0 Å². The van der Waals surface area contributed by atoms with Crippen molar-refractivity contribution in [1.29, 1.82) is 0 Å². The predicted octanol–water partition coefficient (Wildman–Crippen LogP) is 5.04. The summed E-state index contributed by atoms with van der Waals surface area (Å²) in [6.07, 6.45) is 0. The number of aromatic nitrogens is 1. The highest BCUT2D eigenvalue weighted by atomic mass is 14.9. The zero-order chi connectivity index (χ0) is 13.3. The lowest BCUT2D eigenvalue weighted by molar-refractivity contribution is 1.14. The predicted molar refractivity (Wildman–Crippen MR) is 80.5 cm³/mol. The number of pyridine rings is 1. The molecule has 1 aromatic carbocycles. The van der Waals surface area contributed by atoms with E-state index in [0.717, 1.165) is 0 Å². The number of hydrogen-bond donors (Lipinski definition) is 0. The summed E-state index contributed by atoms with van der Waals surface area (Å²) in [6.45, 7) is 10.5. The molecule has 0 saturated heterocycles. The second kappa shape index (κ2) is 4.85. The third kappa shape index (κ3) is 1.90. The van der Waals surface area contributed by atoms with Gasteiger partial charge in [-0.15, -0.1) is 0 Å². The topological polar surface area (TPSA) is 4.41 Å². The summed E-state index contributed by atoms with van der Waals surface area (Å²) >= 11 is 0. The Balaban J connectivity index is 0.000000574. The quantitative estimate of drug-likeness (QED) is 0.517. The van der Waals surface area contributed by atoms with Crippen LogP contribution in [0, 0.1) is 20.8 Å². The van der Waals surface area contributed by atoms with Crippen molar-refractivity contribution in [2.75, 3.05) is 0 Å². The van der Waals surface area contributed by atoms with Gasteiger partial charge in [-0.05, 0) is 62.2 Å². The summed E-state index contributed by atoms with van der Waals surface area (Å²) < 4.78 is 2.32.